The SMILES string of the molecule is CCOC(=O)CCN1CCN(C2CCN(C(=O)[C@H](C)Cc3cc(Br)c(O)c(Br)c3)CC2)CC1. The van der Waals surface area contributed by atoms with Crippen LogP contribution in [0.2, 0.25) is 0 Å². The Bertz CT molecular complexity index is 799. The van der Waals surface area contributed by atoms with Crippen LogP contribution in [0.1, 0.15) is 38.7 Å². The molecule has 0 saturated carbocycles. The fraction of sp³-hybridized carbons (Fsp3) is 0.667. The van der Waals surface area contributed by atoms with Crippen molar-refractivity contribution >= 4 is 43.7 Å². The number of piperidine rings is 1. The van der Waals surface area contributed by atoms with Gasteiger partial charge in [-0.2, -0.15) is 0 Å². The molecule has 0 unspecified atom stereocenters. The van der Waals surface area contributed by atoms with Gasteiger partial charge in [-0.15, -0.1) is 0 Å². The quantitative estimate of drug-likeness (QED) is 0.467. The number of hydrogen-bond acceptors (Lipinski definition) is 6. The third-order valence-electron chi connectivity index (χ3n) is 6.68. The highest BCUT2D eigenvalue weighted by Crippen LogP contribution is 2.34. The fourth-order valence-corrected chi connectivity index (χ4v) is 6.06. The van der Waals surface area contributed by atoms with Crippen molar-refractivity contribution in [1.29, 1.82) is 0 Å². The van der Waals surface area contributed by atoms with Gasteiger partial charge >= 0.3 is 5.97 Å². The number of piperazine rings is 1. The number of amides is 1. The minimum absolute atomic E-state index is 0.104. The lowest BCUT2D eigenvalue weighted by atomic mass is 9.97. The molecule has 7 nitrogen and oxygen atoms in total. The largest absolute Gasteiger partial charge is 0.506 e. The summed E-state index contributed by atoms with van der Waals surface area (Å²) in [6.07, 6.45) is 3.13. The van der Waals surface area contributed by atoms with Crippen molar-refractivity contribution in [2.45, 2.75) is 45.6 Å². The van der Waals surface area contributed by atoms with Crippen LogP contribution in [0, 0.1) is 5.92 Å². The Labute approximate surface area is 213 Å². The molecule has 0 bridgehead atoms. The number of ether oxygens (including phenoxy) is 1. The number of carbonyl (C=O) groups excluding carboxylic acids is 2. The van der Waals surface area contributed by atoms with Crippen molar-refractivity contribution < 1.29 is 19.4 Å². The summed E-state index contributed by atoms with van der Waals surface area (Å²) in [5.41, 5.74) is 1.02. The van der Waals surface area contributed by atoms with E-state index in [-0.39, 0.29) is 23.5 Å². The second kappa shape index (κ2) is 12.5. The molecule has 1 atom stereocenters. The van der Waals surface area contributed by atoms with Gasteiger partial charge in [-0.1, -0.05) is 6.92 Å². The van der Waals surface area contributed by atoms with Crippen LogP contribution in [0.4, 0.5) is 0 Å². The number of hydrogen-bond donors (Lipinski definition) is 1. The number of halogens is 2. The monoisotopic (exact) mass is 587 g/mol. The zero-order valence-corrected chi connectivity index (χ0v) is 22.7. The third-order valence-corrected chi connectivity index (χ3v) is 7.89. The summed E-state index contributed by atoms with van der Waals surface area (Å²) >= 11 is 6.73. The lowest BCUT2D eigenvalue weighted by Crippen LogP contribution is -2.54. The van der Waals surface area contributed by atoms with Gasteiger partial charge in [0.1, 0.15) is 5.75 Å². The molecule has 9 heteroatoms. The maximum Gasteiger partial charge on any atom is 0.307 e. The van der Waals surface area contributed by atoms with Gasteiger partial charge < -0.3 is 19.6 Å². The number of likely N-dealkylation sites (tertiary alicyclic amines) is 1. The molecule has 0 aliphatic carbocycles. The van der Waals surface area contributed by atoms with Crippen LogP contribution in [-0.2, 0) is 20.7 Å². The van der Waals surface area contributed by atoms with Gasteiger partial charge in [-0.3, -0.25) is 14.5 Å². The van der Waals surface area contributed by atoms with E-state index in [4.69, 9.17) is 4.74 Å². The number of phenolic OH excluding ortho intramolecular Hbond substituents is 1. The van der Waals surface area contributed by atoms with E-state index < -0.39 is 0 Å². The van der Waals surface area contributed by atoms with Crippen molar-refractivity contribution in [2.75, 3.05) is 52.4 Å². The number of esters is 1. The molecule has 0 aromatic heterocycles. The minimum Gasteiger partial charge on any atom is -0.506 e. The highest BCUT2D eigenvalue weighted by molar-refractivity contribution is 9.11. The standard InChI is InChI=1S/C24H35Br2N3O4/c1-3-33-22(30)6-7-27-10-12-28(13-11-27)19-4-8-29(9-5-19)24(32)17(2)14-18-15-20(25)23(31)21(26)16-18/h15-17,19,31H,3-14H2,1-2H3/t17-/m1/s1. The van der Waals surface area contributed by atoms with Gasteiger partial charge in [0.05, 0.1) is 22.0 Å². The molecular weight excluding hydrogens is 554 g/mol. The van der Waals surface area contributed by atoms with E-state index in [0.29, 0.717) is 34.4 Å². The summed E-state index contributed by atoms with van der Waals surface area (Å²) in [5, 5.41) is 9.90. The van der Waals surface area contributed by atoms with Gasteiger partial charge in [0, 0.05) is 57.8 Å². The number of nitrogens with zero attached hydrogens (tertiary/aromatic N) is 3. The average molecular weight is 589 g/mol. The van der Waals surface area contributed by atoms with Crippen LogP contribution in [0.25, 0.3) is 0 Å². The lowest BCUT2D eigenvalue weighted by molar-refractivity contribution is -0.143. The molecule has 184 valence electrons. The Balaban J connectivity index is 1.40. The molecular formula is C24H35Br2N3O4. The van der Waals surface area contributed by atoms with E-state index >= 15 is 0 Å². The van der Waals surface area contributed by atoms with Crippen LogP contribution in [0.5, 0.6) is 5.75 Å². The molecule has 2 aliphatic heterocycles. The second-order valence-electron chi connectivity index (χ2n) is 9.00. The molecule has 2 aliphatic rings. The van der Waals surface area contributed by atoms with E-state index in [1.165, 1.54) is 0 Å². The molecule has 2 heterocycles. The molecule has 3 rings (SSSR count). The maximum absolute atomic E-state index is 13.0. The van der Waals surface area contributed by atoms with Crippen molar-refractivity contribution in [1.82, 2.24) is 14.7 Å². The number of carbonyl (C=O) groups is 2. The number of aromatic hydroxyl groups is 1. The average Bonchev–Trinajstić information content (AvgIpc) is 2.81. The predicted molar refractivity (Wildman–Crippen MR) is 135 cm³/mol. The summed E-state index contributed by atoms with van der Waals surface area (Å²) in [4.78, 5) is 31.5. The van der Waals surface area contributed by atoms with Crippen LogP contribution in [0.3, 0.4) is 0 Å². The smallest absolute Gasteiger partial charge is 0.307 e. The first-order valence-corrected chi connectivity index (χ1v) is 13.4. The Morgan fingerprint density at radius 1 is 1.09 bits per heavy atom. The van der Waals surface area contributed by atoms with Crippen LogP contribution < -0.4 is 0 Å². The van der Waals surface area contributed by atoms with E-state index in [9.17, 15) is 14.7 Å². The maximum atomic E-state index is 13.0. The minimum atomic E-state index is -0.114. The van der Waals surface area contributed by atoms with Gasteiger partial charge in [-0.25, -0.2) is 0 Å². The normalized spacial score (nSPS) is 19.5. The summed E-state index contributed by atoms with van der Waals surface area (Å²) in [5.74, 6) is 0.168. The van der Waals surface area contributed by atoms with E-state index in [1.54, 1.807) is 0 Å². The van der Waals surface area contributed by atoms with Gasteiger partial charge in [0.25, 0.3) is 0 Å². The van der Waals surface area contributed by atoms with Gasteiger partial charge in [-0.05, 0) is 75.7 Å². The van der Waals surface area contributed by atoms with Crippen molar-refractivity contribution in [3.63, 3.8) is 0 Å². The Morgan fingerprint density at radius 2 is 1.70 bits per heavy atom. The first-order valence-electron chi connectivity index (χ1n) is 11.9. The molecule has 2 fully saturated rings. The lowest BCUT2D eigenvalue weighted by Gasteiger charge is -2.43. The molecule has 0 spiro atoms. The highest BCUT2D eigenvalue weighted by Gasteiger charge is 2.30. The fourth-order valence-electron chi connectivity index (χ4n) is 4.77. The predicted octanol–water partition coefficient (Wildman–Crippen LogP) is 3.66. The summed E-state index contributed by atoms with van der Waals surface area (Å²) in [6.45, 7) is 10.6. The molecule has 0 radical (unpaired) electrons. The zero-order valence-electron chi connectivity index (χ0n) is 19.6. The highest BCUT2D eigenvalue weighted by atomic mass is 79.9. The number of benzene rings is 1. The van der Waals surface area contributed by atoms with Crippen LogP contribution >= 0.6 is 31.9 Å². The van der Waals surface area contributed by atoms with Gasteiger partial charge in [0.15, 0.2) is 0 Å². The van der Waals surface area contributed by atoms with Crippen molar-refractivity contribution in [3.8, 4) is 5.75 Å². The molecule has 2 saturated heterocycles. The molecule has 1 aromatic carbocycles. The first-order chi connectivity index (χ1) is 15.8. The molecule has 1 N–H and O–H groups in total. The third kappa shape index (κ3) is 7.41. The zero-order chi connectivity index (χ0) is 24.0. The summed E-state index contributed by atoms with van der Waals surface area (Å²) < 4.78 is 6.29. The second-order valence-corrected chi connectivity index (χ2v) is 10.7. The van der Waals surface area contributed by atoms with Gasteiger partial charge in [0.2, 0.25) is 5.91 Å². The first kappa shape index (κ1) is 26.4. The van der Waals surface area contributed by atoms with E-state index in [0.717, 1.165) is 64.2 Å². The Morgan fingerprint density at radius 3 is 2.27 bits per heavy atom. The van der Waals surface area contributed by atoms with Crippen LogP contribution in [-0.4, -0.2) is 90.1 Å². The van der Waals surface area contributed by atoms with Crippen molar-refractivity contribution in [2.24, 2.45) is 5.92 Å². The number of phenols is 1. The van der Waals surface area contributed by atoms with Crippen molar-refractivity contribution in [3.05, 3.63) is 26.6 Å². The van der Waals surface area contributed by atoms with E-state index in [2.05, 4.69) is 41.7 Å². The number of rotatable bonds is 8. The molecule has 33 heavy (non-hydrogen) atoms. The summed E-state index contributed by atoms with van der Waals surface area (Å²) in [6, 6.07) is 4.28. The Hall–Kier alpha value is -1.16. The Kier molecular flexibility index (Phi) is 10.0. The summed E-state index contributed by atoms with van der Waals surface area (Å²) in [7, 11) is 0. The molecule has 1 amide bonds. The topological polar surface area (TPSA) is 73.3 Å². The molecule has 1 aromatic rings. The van der Waals surface area contributed by atoms with Crippen LogP contribution in [0.15, 0.2) is 21.1 Å². The van der Waals surface area contributed by atoms with E-state index in [1.807, 2.05) is 30.9 Å².